The Balaban J connectivity index is 1.87. The molecule has 2 amide bonds. The minimum Gasteiger partial charge on any atom is -0.491 e. The Morgan fingerprint density at radius 2 is 2.21 bits per heavy atom. The van der Waals surface area contributed by atoms with Gasteiger partial charge >= 0.3 is 0 Å². The highest BCUT2D eigenvalue weighted by molar-refractivity contribution is 5.93. The second-order valence-corrected chi connectivity index (χ2v) is 6.72. The van der Waals surface area contributed by atoms with Gasteiger partial charge in [0.15, 0.2) is 0 Å². The van der Waals surface area contributed by atoms with Crippen LogP contribution in [0.3, 0.4) is 0 Å². The normalized spacial score (nSPS) is 26.3. The summed E-state index contributed by atoms with van der Waals surface area (Å²) in [5.41, 5.74) is 2.26. The van der Waals surface area contributed by atoms with Crippen LogP contribution in [0.5, 0.6) is 5.75 Å². The van der Waals surface area contributed by atoms with Crippen molar-refractivity contribution in [1.29, 1.82) is 0 Å². The molecule has 2 atom stereocenters. The SMILES string of the molecule is C[C@H]1COc2cc(C(=O)NO)ccc2CN1C(=O)C1(C)CCOC1. The first-order valence-corrected chi connectivity index (χ1v) is 8.03. The lowest BCUT2D eigenvalue weighted by Crippen LogP contribution is -2.47. The first-order chi connectivity index (χ1) is 11.4. The fourth-order valence-corrected chi connectivity index (χ4v) is 3.12. The molecular weight excluding hydrogens is 312 g/mol. The van der Waals surface area contributed by atoms with Crippen molar-refractivity contribution in [3.8, 4) is 5.75 Å². The van der Waals surface area contributed by atoms with Crippen LogP contribution in [0.1, 0.15) is 36.2 Å². The Morgan fingerprint density at radius 1 is 1.42 bits per heavy atom. The topological polar surface area (TPSA) is 88.1 Å². The summed E-state index contributed by atoms with van der Waals surface area (Å²) in [5.74, 6) is 0.0365. The minimum absolute atomic E-state index is 0.0705. The van der Waals surface area contributed by atoms with E-state index in [4.69, 9.17) is 14.7 Å². The molecule has 0 radical (unpaired) electrons. The average molecular weight is 334 g/mol. The summed E-state index contributed by atoms with van der Waals surface area (Å²) in [6.45, 7) is 5.71. The van der Waals surface area contributed by atoms with Crippen molar-refractivity contribution >= 4 is 11.8 Å². The molecule has 24 heavy (non-hydrogen) atoms. The van der Waals surface area contributed by atoms with Gasteiger partial charge in [-0.2, -0.15) is 0 Å². The van der Waals surface area contributed by atoms with E-state index < -0.39 is 11.3 Å². The number of carbonyl (C=O) groups excluding carboxylic acids is 2. The molecule has 3 rings (SSSR count). The Bertz CT molecular complexity index is 654. The summed E-state index contributed by atoms with van der Waals surface area (Å²) in [6, 6.07) is 4.86. The van der Waals surface area contributed by atoms with Crippen LogP contribution >= 0.6 is 0 Å². The first kappa shape index (κ1) is 16.7. The molecule has 2 N–H and O–H groups in total. The number of nitrogens with zero attached hydrogens (tertiary/aromatic N) is 1. The van der Waals surface area contributed by atoms with E-state index in [1.165, 1.54) is 0 Å². The third-order valence-corrected chi connectivity index (χ3v) is 4.78. The fraction of sp³-hybridized carbons (Fsp3) is 0.529. The lowest BCUT2D eigenvalue weighted by atomic mass is 9.87. The molecule has 0 spiro atoms. The smallest absolute Gasteiger partial charge is 0.274 e. The van der Waals surface area contributed by atoms with Crippen molar-refractivity contribution in [3.05, 3.63) is 29.3 Å². The number of benzene rings is 1. The van der Waals surface area contributed by atoms with Gasteiger partial charge in [-0.1, -0.05) is 6.07 Å². The Morgan fingerprint density at radius 3 is 2.88 bits per heavy atom. The van der Waals surface area contributed by atoms with Crippen LogP contribution < -0.4 is 10.2 Å². The summed E-state index contributed by atoms with van der Waals surface area (Å²) in [6.07, 6.45) is 0.721. The maximum Gasteiger partial charge on any atom is 0.274 e. The van der Waals surface area contributed by atoms with Crippen molar-refractivity contribution in [2.45, 2.75) is 32.9 Å². The highest BCUT2D eigenvalue weighted by Gasteiger charge is 2.42. The van der Waals surface area contributed by atoms with Crippen LogP contribution in [-0.2, 0) is 16.1 Å². The lowest BCUT2D eigenvalue weighted by molar-refractivity contribution is -0.144. The molecule has 7 nitrogen and oxygen atoms in total. The predicted molar refractivity (Wildman–Crippen MR) is 84.7 cm³/mol. The van der Waals surface area contributed by atoms with Crippen molar-refractivity contribution < 1.29 is 24.3 Å². The molecule has 1 fully saturated rings. The number of ether oxygens (including phenoxy) is 2. The van der Waals surface area contributed by atoms with E-state index in [0.29, 0.717) is 37.7 Å². The molecule has 130 valence electrons. The molecule has 0 bridgehead atoms. The summed E-state index contributed by atoms with van der Waals surface area (Å²) in [4.78, 5) is 26.4. The molecule has 2 heterocycles. The van der Waals surface area contributed by atoms with Crippen LogP contribution in [0.4, 0.5) is 0 Å². The third kappa shape index (κ3) is 2.97. The van der Waals surface area contributed by atoms with E-state index in [-0.39, 0.29) is 11.9 Å². The van der Waals surface area contributed by atoms with E-state index in [0.717, 1.165) is 12.0 Å². The minimum atomic E-state index is -0.595. The zero-order valence-corrected chi connectivity index (χ0v) is 13.9. The van der Waals surface area contributed by atoms with E-state index >= 15 is 0 Å². The van der Waals surface area contributed by atoms with Crippen molar-refractivity contribution in [1.82, 2.24) is 10.4 Å². The Kier molecular flexibility index (Phi) is 4.47. The van der Waals surface area contributed by atoms with Gasteiger partial charge in [-0.15, -0.1) is 0 Å². The lowest BCUT2D eigenvalue weighted by Gasteiger charge is -2.33. The molecule has 0 aromatic heterocycles. The van der Waals surface area contributed by atoms with Gasteiger partial charge in [-0.05, 0) is 32.4 Å². The number of fused-ring (bicyclic) bond motifs is 1. The van der Waals surface area contributed by atoms with Crippen molar-refractivity contribution in [2.24, 2.45) is 5.41 Å². The predicted octanol–water partition coefficient (Wildman–Crippen LogP) is 1.34. The van der Waals surface area contributed by atoms with E-state index in [2.05, 4.69) is 0 Å². The summed E-state index contributed by atoms with van der Waals surface area (Å²) in [7, 11) is 0. The molecule has 2 aliphatic heterocycles. The Labute approximate surface area is 140 Å². The zero-order valence-electron chi connectivity index (χ0n) is 13.9. The second-order valence-electron chi connectivity index (χ2n) is 6.72. The standard InChI is InChI=1S/C17H22N2O5/c1-11-9-24-14-7-12(15(20)18-22)3-4-13(14)8-19(11)16(21)17(2)5-6-23-10-17/h3-4,7,11,22H,5-6,8-10H2,1-2H3,(H,18,20)/t11-,17?/m0/s1. The summed E-state index contributed by atoms with van der Waals surface area (Å²) >= 11 is 0. The van der Waals surface area contributed by atoms with Gasteiger partial charge in [0.1, 0.15) is 12.4 Å². The summed E-state index contributed by atoms with van der Waals surface area (Å²) < 4.78 is 11.2. The molecule has 1 aromatic carbocycles. The average Bonchev–Trinajstić information content (AvgIpc) is 2.97. The van der Waals surface area contributed by atoms with Gasteiger partial charge in [0.05, 0.1) is 18.1 Å². The van der Waals surface area contributed by atoms with Gasteiger partial charge in [0, 0.05) is 24.3 Å². The van der Waals surface area contributed by atoms with Crippen LogP contribution in [0.25, 0.3) is 0 Å². The molecule has 0 saturated carbocycles. The van der Waals surface area contributed by atoms with Gasteiger partial charge in [-0.3, -0.25) is 14.8 Å². The molecule has 1 unspecified atom stereocenters. The number of rotatable bonds is 2. The number of hydrogen-bond donors (Lipinski definition) is 2. The number of hydroxylamine groups is 1. The van der Waals surface area contributed by atoms with Crippen molar-refractivity contribution in [2.75, 3.05) is 19.8 Å². The molecule has 1 aromatic rings. The molecule has 2 aliphatic rings. The first-order valence-electron chi connectivity index (χ1n) is 8.03. The largest absolute Gasteiger partial charge is 0.491 e. The maximum atomic E-state index is 13.0. The third-order valence-electron chi connectivity index (χ3n) is 4.78. The van der Waals surface area contributed by atoms with Crippen LogP contribution in [-0.4, -0.2) is 47.8 Å². The monoisotopic (exact) mass is 334 g/mol. The van der Waals surface area contributed by atoms with Gasteiger partial charge in [0.25, 0.3) is 5.91 Å². The molecule has 0 aliphatic carbocycles. The van der Waals surface area contributed by atoms with Crippen LogP contribution in [0.2, 0.25) is 0 Å². The molecule has 7 heteroatoms. The number of hydrogen-bond acceptors (Lipinski definition) is 5. The van der Waals surface area contributed by atoms with Crippen molar-refractivity contribution in [3.63, 3.8) is 0 Å². The fourth-order valence-electron chi connectivity index (χ4n) is 3.12. The highest BCUT2D eigenvalue weighted by atomic mass is 16.5. The van der Waals surface area contributed by atoms with Crippen LogP contribution in [0.15, 0.2) is 18.2 Å². The highest BCUT2D eigenvalue weighted by Crippen LogP contribution is 2.34. The number of nitrogens with one attached hydrogen (secondary N) is 1. The van der Waals surface area contributed by atoms with Crippen LogP contribution in [0, 0.1) is 5.41 Å². The second kappa shape index (κ2) is 6.41. The summed E-state index contributed by atoms with van der Waals surface area (Å²) in [5, 5.41) is 8.75. The van der Waals surface area contributed by atoms with E-state index in [1.807, 2.05) is 18.7 Å². The number of amides is 2. The van der Waals surface area contributed by atoms with E-state index in [9.17, 15) is 9.59 Å². The maximum absolute atomic E-state index is 13.0. The zero-order chi connectivity index (χ0) is 17.3. The van der Waals surface area contributed by atoms with Gasteiger partial charge < -0.3 is 14.4 Å². The quantitative estimate of drug-likeness (QED) is 0.629. The molecule has 1 saturated heterocycles. The van der Waals surface area contributed by atoms with E-state index in [1.54, 1.807) is 23.7 Å². The Hall–Kier alpha value is -2.12. The van der Waals surface area contributed by atoms with Gasteiger partial charge in [-0.25, -0.2) is 5.48 Å². The van der Waals surface area contributed by atoms with Gasteiger partial charge in [0.2, 0.25) is 5.91 Å². The number of carbonyl (C=O) groups is 2. The molecular formula is C17H22N2O5.